The molecule has 1 heterocycles. The van der Waals surface area contributed by atoms with E-state index in [0.29, 0.717) is 13.1 Å². The average Bonchev–Trinajstić information content (AvgIpc) is 2.58. The molecule has 2 amide bonds. The molecule has 24 heavy (non-hydrogen) atoms. The van der Waals surface area contributed by atoms with Gasteiger partial charge in [-0.1, -0.05) is 42.0 Å². The van der Waals surface area contributed by atoms with Crippen molar-refractivity contribution in [2.45, 2.75) is 19.4 Å². The van der Waals surface area contributed by atoms with E-state index in [-0.39, 0.29) is 24.1 Å². The van der Waals surface area contributed by atoms with Crippen LogP contribution in [0.4, 0.5) is 4.39 Å². The molecule has 4 nitrogen and oxygen atoms in total. The van der Waals surface area contributed by atoms with Gasteiger partial charge in [0, 0.05) is 13.1 Å². The Morgan fingerprint density at radius 2 is 1.83 bits per heavy atom. The number of rotatable bonds is 3. The lowest BCUT2D eigenvalue weighted by molar-refractivity contribution is -0.143. The number of hydrogen-bond donors (Lipinski definition) is 1. The molecule has 0 aromatic heterocycles. The lowest BCUT2D eigenvalue weighted by Crippen LogP contribution is -2.52. The molecule has 1 N–H and O–H groups in total. The second-order valence-electron chi connectivity index (χ2n) is 5.99. The Labute approximate surface area is 140 Å². The van der Waals surface area contributed by atoms with Crippen LogP contribution in [-0.4, -0.2) is 29.8 Å². The first-order chi connectivity index (χ1) is 11.5. The smallest absolute Gasteiger partial charge is 0.247 e. The highest BCUT2D eigenvalue weighted by Gasteiger charge is 2.34. The number of carbonyl (C=O) groups is 2. The average molecular weight is 326 g/mol. The summed E-state index contributed by atoms with van der Waals surface area (Å²) in [5.41, 5.74) is 2.62. The molecule has 3 rings (SSSR count). The lowest BCUT2D eigenvalue weighted by atomic mass is 10.00. The predicted molar refractivity (Wildman–Crippen MR) is 88.7 cm³/mol. The van der Waals surface area contributed by atoms with Gasteiger partial charge in [-0.2, -0.15) is 0 Å². The third-order valence-electron chi connectivity index (χ3n) is 4.19. The Balaban J connectivity index is 1.82. The molecule has 1 atom stereocenters. The van der Waals surface area contributed by atoms with Gasteiger partial charge in [-0.3, -0.25) is 9.59 Å². The maximum absolute atomic E-state index is 13.0. The van der Waals surface area contributed by atoms with Crippen molar-refractivity contribution in [1.82, 2.24) is 10.2 Å². The second-order valence-corrected chi connectivity index (χ2v) is 5.99. The number of halogens is 1. The Morgan fingerprint density at radius 1 is 1.17 bits per heavy atom. The molecule has 124 valence electrons. The van der Waals surface area contributed by atoms with Crippen molar-refractivity contribution in [3.63, 3.8) is 0 Å². The van der Waals surface area contributed by atoms with Crippen LogP contribution in [0.5, 0.6) is 0 Å². The van der Waals surface area contributed by atoms with Gasteiger partial charge in [0.25, 0.3) is 0 Å². The van der Waals surface area contributed by atoms with Crippen LogP contribution in [0.3, 0.4) is 0 Å². The summed E-state index contributed by atoms with van der Waals surface area (Å²) >= 11 is 0. The van der Waals surface area contributed by atoms with E-state index < -0.39 is 6.04 Å². The van der Waals surface area contributed by atoms with Crippen LogP contribution < -0.4 is 5.32 Å². The standard InChI is InChI=1S/C19H19FN2O2/c1-13-2-6-15(7-3-13)18-19(24)21-10-11-22(18)17(23)12-14-4-8-16(20)9-5-14/h2-9,18H,10-12H2,1H3,(H,21,24). The number of hydrogen-bond acceptors (Lipinski definition) is 2. The first-order valence-electron chi connectivity index (χ1n) is 7.93. The lowest BCUT2D eigenvalue weighted by Gasteiger charge is -2.35. The second kappa shape index (κ2) is 6.83. The molecule has 1 aliphatic heterocycles. The third kappa shape index (κ3) is 3.45. The van der Waals surface area contributed by atoms with Gasteiger partial charge in [-0.05, 0) is 30.2 Å². The Bertz CT molecular complexity index is 741. The van der Waals surface area contributed by atoms with Crippen LogP contribution in [0.1, 0.15) is 22.7 Å². The molecule has 0 radical (unpaired) electrons. The summed E-state index contributed by atoms with van der Waals surface area (Å²) in [7, 11) is 0. The van der Waals surface area contributed by atoms with Crippen LogP contribution in [0.25, 0.3) is 0 Å². The SMILES string of the molecule is Cc1ccc(C2C(=O)NCCN2C(=O)Cc2ccc(F)cc2)cc1. The zero-order chi connectivity index (χ0) is 17.1. The zero-order valence-electron chi connectivity index (χ0n) is 13.5. The third-order valence-corrected chi connectivity index (χ3v) is 4.19. The van der Waals surface area contributed by atoms with Crippen molar-refractivity contribution in [1.29, 1.82) is 0 Å². The van der Waals surface area contributed by atoms with Crippen LogP contribution >= 0.6 is 0 Å². The molecule has 0 spiro atoms. The summed E-state index contributed by atoms with van der Waals surface area (Å²) in [6.07, 6.45) is 0.149. The van der Waals surface area contributed by atoms with Crippen molar-refractivity contribution < 1.29 is 14.0 Å². The Morgan fingerprint density at radius 3 is 2.50 bits per heavy atom. The molecule has 1 fully saturated rings. The summed E-state index contributed by atoms with van der Waals surface area (Å²) in [6.45, 7) is 2.88. The Hall–Kier alpha value is -2.69. The number of benzene rings is 2. The fourth-order valence-corrected chi connectivity index (χ4v) is 2.89. The number of piperazine rings is 1. The molecular formula is C19H19FN2O2. The van der Waals surface area contributed by atoms with E-state index in [0.717, 1.165) is 16.7 Å². The summed E-state index contributed by atoms with van der Waals surface area (Å²) < 4.78 is 13.0. The van der Waals surface area contributed by atoms with Gasteiger partial charge >= 0.3 is 0 Å². The molecule has 2 aromatic carbocycles. The normalized spacial score (nSPS) is 17.5. The molecule has 0 bridgehead atoms. The summed E-state index contributed by atoms with van der Waals surface area (Å²) in [4.78, 5) is 26.6. The minimum absolute atomic E-state index is 0.137. The number of nitrogens with one attached hydrogen (secondary N) is 1. The van der Waals surface area contributed by atoms with Gasteiger partial charge in [-0.25, -0.2) is 4.39 Å². The van der Waals surface area contributed by atoms with E-state index >= 15 is 0 Å². The quantitative estimate of drug-likeness (QED) is 0.941. The highest BCUT2D eigenvalue weighted by atomic mass is 19.1. The van der Waals surface area contributed by atoms with Crippen LogP contribution in [0, 0.1) is 12.7 Å². The minimum atomic E-state index is -0.618. The maximum Gasteiger partial charge on any atom is 0.247 e. The highest BCUT2D eigenvalue weighted by Crippen LogP contribution is 2.24. The van der Waals surface area contributed by atoms with E-state index in [1.54, 1.807) is 17.0 Å². The molecule has 2 aromatic rings. The summed E-state index contributed by atoms with van der Waals surface area (Å²) in [6, 6.07) is 12.9. The Kier molecular flexibility index (Phi) is 4.60. The van der Waals surface area contributed by atoms with Crippen molar-refractivity contribution in [2.24, 2.45) is 0 Å². The van der Waals surface area contributed by atoms with Crippen molar-refractivity contribution in [2.75, 3.05) is 13.1 Å². The number of nitrogens with zero attached hydrogens (tertiary/aromatic N) is 1. The fraction of sp³-hybridized carbons (Fsp3) is 0.263. The van der Waals surface area contributed by atoms with Gasteiger partial charge in [0.1, 0.15) is 11.9 Å². The maximum atomic E-state index is 13.0. The van der Waals surface area contributed by atoms with Gasteiger partial charge in [0.05, 0.1) is 6.42 Å². The number of amides is 2. The summed E-state index contributed by atoms with van der Waals surface area (Å²) in [5.74, 6) is -0.638. The topological polar surface area (TPSA) is 49.4 Å². The molecule has 5 heteroatoms. The van der Waals surface area contributed by atoms with Gasteiger partial charge in [0.15, 0.2) is 0 Å². The van der Waals surface area contributed by atoms with E-state index in [1.165, 1.54) is 12.1 Å². The van der Waals surface area contributed by atoms with Crippen molar-refractivity contribution >= 4 is 11.8 Å². The molecule has 1 aliphatic rings. The van der Waals surface area contributed by atoms with Crippen LogP contribution in [0.15, 0.2) is 48.5 Å². The summed E-state index contributed by atoms with van der Waals surface area (Å²) in [5, 5.41) is 2.82. The highest BCUT2D eigenvalue weighted by molar-refractivity contribution is 5.90. The van der Waals surface area contributed by atoms with E-state index in [9.17, 15) is 14.0 Å². The van der Waals surface area contributed by atoms with E-state index in [2.05, 4.69) is 5.32 Å². The predicted octanol–water partition coefficient (Wildman–Crippen LogP) is 2.38. The first kappa shape index (κ1) is 16.2. The molecular weight excluding hydrogens is 307 g/mol. The van der Waals surface area contributed by atoms with E-state index in [4.69, 9.17) is 0 Å². The zero-order valence-corrected chi connectivity index (χ0v) is 13.5. The van der Waals surface area contributed by atoms with Gasteiger partial charge in [0.2, 0.25) is 11.8 Å². The first-order valence-corrected chi connectivity index (χ1v) is 7.93. The minimum Gasteiger partial charge on any atom is -0.352 e. The van der Waals surface area contributed by atoms with Gasteiger partial charge < -0.3 is 10.2 Å². The number of carbonyl (C=O) groups excluding carboxylic acids is 2. The van der Waals surface area contributed by atoms with Crippen LogP contribution in [-0.2, 0) is 16.0 Å². The van der Waals surface area contributed by atoms with Gasteiger partial charge in [-0.15, -0.1) is 0 Å². The monoisotopic (exact) mass is 326 g/mol. The molecule has 0 saturated carbocycles. The number of aryl methyl sites for hydroxylation is 1. The van der Waals surface area contributed by atoms with Crippen molar-refractivity contribution in [3.05, 3.63) is 71.0 Å². The largest absolute Gasteiger partial charge is 0.352 e. The van der Waals surface area contributed by atoms with Crippen molar-refractivity contribution in [3.8, 4) is 0 Å². The van der Waals surface area contributed by atoms with E-state index in [1.807, 2.05) is 31.2 Å². The van der Waals surface area contributed by atoms with Crippen LogP contribution in [0.2, 0.25) is 0 Å². The molecule has 0 aliphatic carbocycles. The fourth-order valence-electron chi connectivity index (χ4n) is 2.89. The molecule has 1 saturated heterocycles. The molecule has 1 unspecified atom stereocenters.